The molecule has 0 spiro atoms. The molecule has 0 amide bonds. The van der Waals surface area contributed by atoms with Gasteiger partial charge in [0.15, 0.2) is 0 Å². The molecule has 0 radical (unpaired) electrons. The Hall–Kier alpha value is -1.61. The van der Waals surface area contributed by atoms with Crippen LogP contribution in [0.3, 0.4) is 0 Å². The Morgan fingerprint density at radius 1 is 1.33 bits per heavy atom. The molecule has 1 aliphatic heterocycles. The molecule has 1 aliphatic rings. The van der Waals surface area contributed by atoms with Gasteiger partial charge >= 0.3 is 5.97 Å². The first-order valence-corrected chi connectivity index (χ1v) is 6.26. The zero-order chi connectivity index (χ0) is 13.1. The predicted molar refractivity (Wildman–Crippen MR) is 69.2 cm³/mol. The van der Waals surface area contributed by atoms with E-state index in [1.165, 1.54) is 0 Å². The molecule has 0 fully saturated rings. The van der Waals surface area contributed by atoms with Crippen LogP contribution in [0.1, 0.15) is 37.6 Å². The van der Waals surface area contributed by atoms with E-state index in [-0.39, 0.29) is 18.2 Å². The molecule has 1 aromatic rings. The molecule has 0 bridgehead atoms. The van der Waals surface area contributed by atoms with Crippen LogP contribution in [-0.4, -0.2) is 18.2 Å². The zero-order valence-electron chi connectivity index (χ0n) is 11.0. The summed E-state index contributed by atoms with van der Waals surface area (Å²) in [5.74, 6) is 0.341. The molecule has 0 unspecified atom stereocenters. The molecule has 0 saturated heterocycles. The molecule has 1 heterocycles. The van der Waals surface area contributed by atoms with Crippen molar-refractivity contribution in [1.82, 2.24) is 0 Å². The van der Waals surface area contributed by atoms with Crippen LogP contribution in [0.4, 0.5) is 0 Å². The fraction of sp³-hybridized carbons (Fsp3) is 0.400. The van der Waals surface area contributed by atoms with Crippen molar-refractivity contribution in [3.8, 4) is 0 Å². The van der Waals surface area contributed by atoms with Crippen molar-refractivity contribution in [2.45, 2.75) is 39.4 Å². The molecule has 3 nitrogen and oxygen atoms in total. The first kappa shape index (κ1) is 12.8. The number of hydrogen-bond acceptors (Lipinski definition) is 3. The van der Waals surface area contributed by atoms with Crippen LogP contribution in [0.15, 0.2) is 41.7 Å². The quantitative estimate of drug-likeness (QED) is 0.767. The summed E-state index contributed by atoms with van der Waals surface area (Å²) in [6.07, 6.45) is 0.809. The lowest BCUT2D eigenvalue weighted by atomic mass is 10.1. The number of benzene rings is 1. The number of hydrogen-bond donors (Lipinski definition) is 0. The molecule has 0 aliphatic carbocycles. The molecule has 0 aromatic heterocycles. The lowest BCUT2D eigenvalue weighted by Gasteiger charge is -2.10. The number of rotatable bonds is 3. The van der Waals surface area contributed by atoms with Crippen molar-refractivity contribution in [3.05, 3.63) is 47.2 Å². The maximum absolute atomic E-state index is 12.0. The summed E-state index contributed by atoms with van der Waals surface area (Å²) < 4.78 is 11.2. The number of ether oxygens (including phenoxy) is 2. The average Bonchev–Trinajstić information content (AvgIpc) is 2.67. The molecule has 18 heavy (non-hydrogen) atoms. The maximum atomic E-state index is 12.0. The molecule has 0 N–H and O–H groups in total. The molecular formula is C15H18O3. The van der Waals surface area contributed by atoms with E-state index in [0.717, 1.165) is 12.0 Å². The van der Waals surface area contributed by atoms with Gasteiger partial charge in [0.05, 0.1) is 11.7 Å². The van der Waals surface area contributed by atoms with Crippen molar-refractivity contribution in [2.24, 2.45) is 0 Å². The van der Waals surface area contributed by atoms with Crippen LogP contribution < -0.4 is 0 Å². The van der Waals surface area contributed by atoms with Crippen LogP contribution in [0, 0.1) is 0 Å². The molecular weight excluding hydrogens is 228 g/mol. The highest BCUT2D eigenvalue weighted by Gasteiger charge is 2.31. The Morgan fingerprint density at radius 3 is 2.56 bits per heavy atom. The van der Waals surface area contributed by atoms with Gasteiger partial charge in [-0.3, -0.25) is 0 Å². The Kier molecular flexibility index (Phi) is 3.82. The highest BCUT2D eigenvalue weighted by Crippen LogP contribution is 2.30. The third-order valence-corrected chi connectivity index (χ3v) is 3.19. The Balaban J connectivity index is 2.15. The monoisotopic (exact) mass is 246 g/mol. The van der Waals surface area contributed by atoms with Crippen molar-refractivity contribution >= 4 is 5.97 Å². The summed E-state index contributed by atoms with van der Waals surface area (Å²) in [7, 11) is 0. The summed E-state index contributed by atoms with van der Waals surface area (Å²) in [4.78, 5) is 12.0. The maximum Gasteiger partial charge on any atom is 0.343 e. The Bertz CT molecular complexity index is 462. The van der Waals surface area contributed by atoms with Gasteiger partial charge in [0, 0.05) is 0 Å². The minimum atomic E-state index is -0.322. The van der Waals surface area contributed by atoms with Crippen LogP contribution in [0.5, 0.6) is 0 Å². The van der Waals surface area contributed by atoms with Crippen molar-refractivity contribution in [2.75, 3.05) is 0 Å². The molecule has 1 aromatic carbocycles. The fourth-order valence-corrected chi connectivity index (χ4v) is 2.19. The van der Waals surface area contributed by atoms with Crippen molar-refractivity contribution in [3.63, 3.8) is 0 Å². The SMILES string of the molecule is CC[C@@H]1O[C@H](C)C(OC(=O)c2ccccc2)=C1C. The zero-order valence-corrected chi connectivity index (χ0v) is 11.0. The largest absolute Gasteiger partial charge is 0.425 e. The fourth-order valence-electron chi connectivity index (χ4n) is 2.19. The predicted octanol–water partition coefficient (Wildman–Crippen LogP) is 3.31. The minimum absolute atomic E-state index is 0.0681. The second kappa shape index (κ2) is 5.36. The normalized spacial score (nSPS) is 23.3. The first-order valence-electron chi connectivity index (χ1n) is 6.26. The van der Waals surface area contributed by atoms with E-state index >= 15 is 0 Å². The summed E-state index contributed by atoms with van der Waals surface area (Å²) >= 11 is 0. The minimum Gasteiger partial charge on any atom is -0.425 e. The second-order valence-electron chi connectivity index (χ2n) is 4.48. The topological polar surface area (TPSA) is 35.5 Å². The van der Waals surface area contributed by atoms with Crippen LogP contribution in [0.2, 0.25) is 0 Å². The number of carbonyl (C=O) groups excluding carboxylic acids is 1. The van der Waals surface area contributed by atoms with Gasteiger partial charge in [0.25, 0.3) is 0 Å². The Morgan fingerprint density at radius 2 is 2.00 bits per heavy atom. The highest BCUT2D eigenvalue weighted by molar-refractivity contribution is 5.90. The molecule has 2 rings (SSSR count). The van der Waals surface area contributed by atoms with E-state index in [1.54, 1.807) is 12.1 Å². The highest BCUT2D eigenvalue weighted by atomic mass is 16.6. The summed E-state index contributed by atoms with van der Waals surface area (Å²) in [5.41, 5.74) is 1.58. The smallest absolute Gasteiger partial charge is 0.343 e. The van der Waals surface area contributed by atoms with Gasteiger partial charge in [-0.2, -0.15) is 0 Å². The van der Waals surface area contributed by atoms with Gasteiger partial charge in [0.1, 0.15) is 11.9 Å². The summed E-state index contributed by atoms with van der Waals surface area (Å²) in [6.45, 7) is 5.93. The standard InChI is InChI=1S/C15H18O3/c1-4-13-10(2)14(11(3)17-13)18-15(16)12-8-6-5-7-9-12/h5-9,11,13H,4H2,1-3H3/t11-,13+/m1/s1. The van der Waals surface area contributed by atoms with Crippen LogP contribution in [0.25, 0.3) is 0 Å². The second-order valence-corrected chi connectivity index (χ2v) is 4.48. The molecule has 96 valence electrons. The van der Waals surface area contributed by atoms with Crippen molar-refractivity contribution < 1.29 is 14.3 Å². The summed E-state index contributed by atoms with van der Waals surface area (Å²) in [6, 6.07) is 9.00. The lowest BCUT2D eigenvalue weighted by molar-refractivity contribution is 0.0306. The van der Waals surface area contributed by atoms with Gasteiger partial charge in [-0.15, -0.1) is 0 Å². The van der Waals surface area contributed by atoms with Gasteiger partial charge in [-0.1, -0.05) is 25.1 Å². The third-order valence-electron chi connectivity index (χ3n) is 3.19. The average molecular weight is 246 g/mol. The van der Waals surface area contributed by atoms with Crippen LogP contribution >= 0.6 is 0 Å². The van der Waals surface area contributed by atoms with E-state index in [1.807, 2.05) is 32.0 Å². The summed E-state index contributed by atoms with van der Waals surface area (Å²) in [5, 5.41) is 0. The van der Waals surface area contributed by atoms with E-state index in [4.69, 9.17) is 9.47 Å². The van der Waals surface area contributed by atoms with Crippen LogP contribution in [-0.2, 0) is 9.47 Å². The number of esters is 1. The molecule has 2 atom stereocenters. The van der Waals surface area contributed by atoms with Crippen molar-refractivity contribution in [1.29, 1.82) is 0 Å². The van der Waals surface area contributed by atoms with Gasteiger partial charge in [0.2, 0.25) is 0 Å². The molecule has 3 heteroatoms. The number of carbonyl (C=O) groups is 1. The van der Waals surface area contributed by atoms with E-state index in [9.17, 15) is 4.79 Å². The lowest BCUT2D eigenvalue weighted by Crippen LogP contribution is -2.13. The van der Waals surface area contributed by atoms with E-state index in [0.29, 0.717) is 11.3 Å². The Labute approximate surface area is 107 Å². The van der Waals surface area contributed by atoms with Gasteiger partial charge in [-0.25, -0.2) is 4.79 Å². The molecule has 0 saturated carbocycles. The first-order chi connectivity index (χ1) is 8.63. The van der Waals surface area contributed by atoms with E-state index in [2.05, 4.69) is 6.92 Å². The van der Waals surface area contributed by atoms with Gasteiger partial charge in [-0.05, 0) is 38.0 Å². The van der Waals surface area contributed by atoms with E-state index < -0.39 is 0 Å². The third kappa shape index (κ3) is 2.46. The van der Waals surface area contributed by atoms with Gasteiger partial charge < -0.3 is 9.47 Å².